The Morgan fingerprint density at radius 1 is 1.10 bits per heavy atom. The second-order valence-corrected chi connectivity index (χ2v) is 6.67. The second kappa shape index (κ2) is 6.45. The normalized spacial score (nSPS) is 22.6. The molecule has 1 aromatic heterocycles. The molecule has 1 aliphatic carbocycles. The lowest BCUT2D eigenvalue weighted by Gasteiger charge is -2.33. The standard InChI is InChI=1S/C18H23NS/c1-2-14-8-3-5-10-16(14)19-17-11-6-4-9-15(17)18-12-7-13-20-18/h4,6-7,9,11-14,16,19H,2-3,5,8,10H2,1H3. The van der Waals surface area contributed by atoms with Crippen molar-refractivity contribution >= 4 is 17.0 Å². The Balaban J connectivity index is 1.83. The van der Waals surface area contributed by atoms with E-state index in [0.717, 1.165) is 5.92 Å². The predicted octanol–water partition coefficient (Wildman–Crippen LogP) is 5.80. The number of nitrogens with one attached hydrogen (secondary N) is 1. The summed E-state index contributed by atoms with van der Waals surface area (Å²) < 4.78 is 0. The molecule has 1 heterocycles. The van der Waals surface area contributed by atoms with Crippen molar-refractivity contribution in [2.45, 2.75) is 45.1 Å². The van der Waals surface area contributed by atoms with E-state index in [-0.39, 0.29) is 0 Å². The predicted molar refractivity (Wildman–Crippen MR) is 89.4 cm³/mol. The lowest BCUT2D eigenvalue weighted by Crippen LogP contribution is -2.31. The van der Waals surface area contributed by atoms with Crippen LogP contribution in [0.5, 0.6) is 0 Å². The topological polar surface area (TPSA) is 12.0 Å². The first kappa shape index (κ1) is 13.7. The Morgan fingerprint density at radius 2 is 1.95 bits per heavy atom. The van der Waals surface area contributed by atoms with E-state index in [2.05, 4.69) is 54.0 Å². The summed E-state index contributed by atoms with van der Waals surface area (Å²) in [4.78, 5) is 1.36. The zero-order valence-corrected chi connectivity index (χ0v) is 13.0. The van der Waals surface area contributed by atoms with Gasteiger partial charge >= 0.3 is 0 Å². The van der Waals surface area contributed by atoms with Gasteiger partial charge in [-0.15, -0.1) is 11.3 Å². The van der Waals surface area contributed by atoms with Gasteiger partial charge in [0, 0.05) is 22.2 Å². The molecule has 1 N–H and O–H groups in total. The third kappa shape index (κ3) is 2.90. The highest BCUT2D eigenvalue weighted by molar-refractivity contribution is 7.13. The first-order chi connectivity index (χ1) is 9.88. The lowest BCUT2D eigenvalue weighted by atomic mass is 9.82. The maximum atomic E-state index is 3.85. The Labute approximate surface area is 126 Å². The molecule has 1 aromatic carbocycles. The van der Waals surface area contributed by atoms with Gasteiger partial charge in [-0.1, -0.05) is 50.5 Å². The molecule has 3 rings (SSSR count). The quantitative estimate of drug-likeness (QED) is 0.749. The Hall–Kier alpha value is -1.28. The van der Waals surface area contributed by atoms with Crippen molar-refractivity contribution in [2.24, 2.45) is 5.92 Å². The fourth-order valence-corrected chi connectivity index (χ4v) is 4.11. The molecule has 0 aliphatic heterocycles. The molecule has 0 amide bonds. The van der Waals surface area contributed by atoms with Gasteiger partial charge in [0.2, 0.25) is 0 Å². The number of hydrogen-bond acceptors (Lipinski definition) is 2. The molecule has 0 bridgehead atoms. The second-order valence-electron chi connectivity index (χ2n) is 5.73. The van der Waals surface area contributed by atoms with Crippen molar-refractivity contribution in [3.8, 4) is 10.4 Å². The number of rotatable bonds is 4. The van der Waals surface area contributed by atoms with Gasteiger partial charge in [0.1, 0.15) is 0 Å². The minimum Gasteiger partial charge on any atom is -0.382 e. The van der Waals surface area contributed by atoms with Crippen molar-refractivity contribution in [1.29, 1.82) is 0 Å². The first-order valence-corrected chi connectivity index (χ1v) is 8.66. The summed E-state index contributed by atoms with van der Waals surface area (Å²) in [6.45, 7) is 2.33. The molecule has 1 aliphatic rings. The Kier molecular flexibility index (Phi) is 4.41. The van der Waals surface area contributed by atoms with Crippen molar-refractivity contribution in [2.75, 3.05) is 5.32 Å². The highest BCUT2D eigenvalue weighted by Gasteiger charge is 2.24. The maximum Gasteiger partial charge on any atom is 0.0430 e. The van der Waals surface area contributed by atoms with Gasteiger partial charge in [-0.3, -0.25) is 0 Å². The number of para-hydroxylation sites is 1. The number of hydrogen-bond donors (Lipinski definition) is 1. The van der Waals surface area contributed by atoms with Crippen molar-refractivity contribution in [3.63, 3.8) is 0 Å². The zero-order chi connectivity index (χ0) is 13.8. The molecular formula is C18H23NS. The van der Waals surface area contributed by atoms with Gasteiger partial charge in [-0.25, -0.2) is 0 Å². The molecule has 0 radical (unpaired) electrons. The molecule has 0 spiro atoms. The average Bonchev–Trinajstić information content (AvgIpc) is 3.02. The smallest absolute Gasteiger partial charge is 0.0430 e. The first-order valence-electron chi connectivity index (χ1n) is 7.78. The average molecular weight is 285 g/mol. The van der Waals surface area contributed by atoms with Crippen LogP contribution in [-0.2, 0) is 0 Å². The molecule has 2 aromatic rings. The van der Waals surface area contributed by atoms with Crippen LogP contribution in [0.15, 0.2) is 41.8 Å². The van der Waals surface area contributed by atoms with Crippen LogP contribution in [-0.4, -0.2) is 6.04 Å². The number of benzene rings is 1. The molecular weight excluding hydrogens is 262 g/mol. The lowest BCUT2D eigenvalue weighted by molar-refractivity contribution is 0.317. The fraction of sp³-hybridized carbons (Fsp3) is 0.444. The largest absolute Gasteiger partial charge is 0.382 e. The van der Waals surface area contributed by atoms with Gasteiger partial charge in [0.15, 0.2) is 0 Å². The van der Waals surface area contributed by atoms with Crippen LogP contribution in [0.2, 0.25) is 0 Å². The summed E-state index contributed by atoms with van der Waals surface area (Å²) in [7, 11) is 0. The van der Waals surface area contributed by atoms with Crippen LogP contribution in [0.25, 0.3) is 10.4 Å². The van der Waals surface area contributed by atoms with Crippen LogP contribution in [0.1, 0.15) is 39.0 Å². The third-order valence-corrected chi connectivity index (χ3v) is 5.39. The number of thiophene rings is 1. The fourth-order valence-electron chi connectivity index (χ4n) is 3.34. The van der Waals surface area contributed by atoms with Gasteiger partial charge in [0.05, 0.1) is 0 Å². The van der Waals surface area contributed by atoms with Crippen molar-refractivity contribution in [1.82, 2.24) is 0 Å². The third-order valence-electron chi connectivity index (χ3n) is 4.49. The minimum atomic E-state index is 0.648. The molecule has 0 saturated heterocycles. The van der Waals surface area contributed by atoms with E-state index >= 15 is 0 Å². The van der Waals surface area contributed by atoms with Gasteiger partial charge < -0.3 is 5.32 Å². The molecule has 20 heavy (non-hydrogen) atoms. The summed E-state index contributed by atoms with van der Waals surface area (Å²) in [5.74, 6) is 0.833. The van der Waals surface area contributed by atoms with E-state index in [1.807, 2.05) is 11.3 Å². The van der Waals surface area contributed by atoms with Gasteiger partial charge in [0.25, 0.3) is 0 Å². The molecule has 1 fully saturated rings. The summed E-state index contributed by atoms with van der Waals surface area (Å²) in [5.41, 5.74) is 2.66. The minimum absolute atomic E-state index is 0.648. The molecule has 106 valence electrons. The molecule has 1 nitrogen and oxygen atoms in total. The summed E-state index contributed by atoms with van der Waals surface area (Å²) >= 11 is 1.82. The van der Waals surface area contributed by atoms with Crippen LogP contribution in [0, 0.1) is 5.92 Å². The summed E-state index contributed by atoms with van der Waals surface area (Å²) in [6.07, 6.45) is 6.77. The zero-order valence-electron chi connectivity index (χ0n) is 12.1. The Bertz CT molecular complexity index is 532. The summed E-state index contributed by atoms with van der Waals surface area (Å²) in [5, 5.41) is 6.00. The SMILES string of the molecule is CCC1CCCCC1Nc1ccccc1-c1cccs1. The van der Waals surface area contributed by atoms with E-state index in [4.69, 9.17) is 0 Å². The highest BCUT2D eigenvalue weighted by atomic mass is 32.1. The van der Waals surface area contributed by atoms with Crippen molar-refractivity contribution in [3.05, 3.63) is 41.8 Å². The monoisotopic (exact) mass is 285 g/mol. The van der Waals surface area contributed by atoms with Crippen LogP contribution < -0.4 is 5.32 Å². The molecule has 2 heteroatoms. The highest BCUT2D eigenvalue weighted by Crippen LogP contribution is 2.35. The van der Waals surface area contributed by atoms with E-state index < -0.39 is 0 Å². The summed E-state index contributed by atoms with van der Waals surface area (Å²) in [6, 6.07) is 13.7. The maximum absolute atomic E-state index is 3.85. The molecule has 1 saturated carbocycles. The molecule has 2 unspecified atom stereocenters. The molecule has 2 atom stereocenters. The van der Waals surface area contributed by atoms with Crippen molar-refractivity contribution < 1.29 is 0 Å². The number of anilines is 1. The van der Waals surface area contributed by atoms with Gasteiger partial charge in [-0.2, -0.15) is 0 Å². The van der Waals surface area contributed by atoms with E-state index in [1.165, 1.54) is 48.2 Å². The van der Waals surface area contributed by atoms with Crippen LogP contribution in [0.4, 0.5) is 5.69 Å². The van der Waals surface area contributed by atoms with Gasteiger partial charge in [-0.05, 0) is 36.3 Å². The van der Waals surface area contributed by atoms with Crippen LogP contribution >= 0.6 is 11.3 Å². The van der Waals surface area contributed by atoms with E-state index in [1.54, 1.807) is 0 Å². The van der Waals surface area contributed by atoms with E-state index in [9.17, 15) is 0 Å². The van der Waals surface area contributed by atoms with E-state index in [0.29, 0.717) is 6.04 Å². The van der Waals surface area contributed by atoms with Crippen LogP contribution in [0.3, 0.4) is 0 Å². The Morgan fingerprint density at radius 3 is 2.75 bits per heavy atom.